The minimum absolute atomic E-state index is 0.0528. The van der Waals surface area contributed by atoms with Crippen molar-refractivity contribution in [3.8, 4) is 0 Å². The number of aliphatic hydroxyl groups is 1. The molecule has 1 N–H and O–H groups in total. The molecule has 1 saturated heterocycles. The summed E-state index contributed by atoms with van der Waals surface area (Å²) in [7, 11) is -1.84. The van der Waals surface area contributed by atoms with E-state index in [2.05, 4.69) is 6.58 Å². The molecule has 1 unspecified atom stereocenters. The summed E-state index contributed by atoms with van der Waals surface area (Å²) in [5, 5.41) is 9.07. The Morgan fingerprint density at radius 3 is 2.88 bits per heavy atom. The quantitative estimate of drug-likeness (QED) is 0.700. The third-order valence-corrected chi connectivity index (χ3v) is 4.77. The van der Waals surface area contributed by atoms with Gasteiger partial charge in [-0.25, -0.2) is 0 Å². The lowest BCUT2D eigenvalue weighted by atomic mass is 10.0. The molecule has 1 heterocycles. The molecular formula is C10H20N2O3S. The lowest BCUT2D eigenvalue weighted by Crippen LogP contribution is -2.47. The van der Waals surface area contributed by atoms with E-state index in [-0.39, 0.29) is 12.5 Å². The number of likely N-dealkylation sites (N-methyl/N-ethyl adjacent to an activating group) is 1. The molecule has 0 spiro atoms. The van der Waals surface area contributed by atoms with Crippen molar-refractivity contribution in [2.45, 2.75) is 12.8 Å². The van der Waals surface area contributed by atoms with Gasteiger partial charge in [-0.2, -0.15) is 17.0 Å². The number of aliphatic hydroxyl groups excluding tert-OH is 1. The van der Waals surface area contributed by atoms with Crippen molar-refractivity contribution in [1.29, 1.82) is 0 Å². The van der Waals surface area contributed by atoms with E-state index in [1.807, 2.05) is 0 Å². The largest absolute Gasteiger partial charge is 0.396 e. The topological polar surface area (TPSA) is 60.9 Å². The van der Waals surface area contributed by atoms with Crippen molar-refractivity contribution in [1.82, 2.24) is 8.61 Å². The highest BCUT2D eigenvalue weighted by Crippen LogP contribution is 2.19. The molecule has 1 aliphatic rings. The third kappa shape index (κ3) is 3.04. The Morgan fingerprint density at radius 2 is 2.31 bits per heavy atom. The van der Waals surface area contributed by atoms with Crippen molar-refractivity contribution in [2.75, 3.05) is 33.3 Å². The number of hydrogen-bond donors (Lipinski definition) is 1. The van der Waals surface area contributed by atoms with Gasteiger partial charge in [0.2, 0.25) is 0 Å². The molecule has 0 amide bonds. The van der Waals surface area contributed by atoms with Crippen LogP contribution in [0.5, 0.6) is 0 Å². The Kier molecular flexibility index (Phi) is 4.91. The van der Waals surface area contributed by atoms with Crippen LogP contribution in [0.25, 0.3) is 0 Å². The Hall–Kier alpha value is -0.430. The minimum Gasteiger partial charge on any atom is -0.396 e. The average molecular weight is 248 g/mol. The van der Waals surface area contributed by atoms with Crippen LogP contribution in [0.4, 0.5) is 0 Å². The first kappa shape index (κ1) is 13.6. The van der Waals surface area contributed by atoms with Crippen LogP contribution in [0.3, 0.4) is 0 Å². The fourth-order valence-corrected chi connectivity index (χ4v) is 3.31. The van der Waals surface area contributed by atoms with Crippen LogP contribution < -0.4 is 0 Å². The van der Waals surface area contributed by atoms with Crippen molar-refractivity contribution >= 4 is 10.2 Å². The van der Waals surface area contributed by atoms with Gasteiger partial charge in [-0.05, 0) is 18.8 Å². The van der Waals surface area contributed by atoms with E-state index < -0.39 is 10.2 Å². The molecule has 0 bridgehead atoms. The zero-order valence-electron chi connectivity index (χ0n) is 9.67. The molecule has 16 heavy (non-hydrogen) atoms. The molecule has 94 valence electrons. The second-order valence-electron chi connectivity index (χ2n) is 4.13. The van der Waals surface area contributed by atoms with E-state index >= 15 is 0 Å². The Balaban J connectivity index is 2.71. The van der Waals surface area contributed by atoms with E-state index in [0.29, 0.717) is 19.6 Å². The SMILES string of the molecule is C=CCN(C)S(=O)(=O)N1CCCC(CO)C1. The maximum Gasteiger partial charge on any atom is 0.282 e. The van der Waals surface area contributed by atoms with Crippen LogP contribution in [-0.4, -0.2) is 55.4 Å². The van der Waals surface area contributed by atoms with E-state index in [9.17, 15) is 8.42 Å². The lowest BCUT2D eigenvalue weighted by Gasteiger charge is -2.33. The fraction of sp³-hybridized carbons (Fsp3) is 0.800. The molecule has 5 nitrogen and oxygen atoms in total. The van der Waals surface area contributed by atoms with Crippen LogP contribution in [0.2, 0.25) is 0 Å². The first-order valence-electron chi connectivity index (χ1n) is 5.45. The van der Waals surface area contributed by atoms with Gasteiger partial charge in [0.05, 0.1) is 0 Å². The van der Waals surface area contributed by atoms with Crippen molar-refractivity contribution in [3.05, 3.63) is 12.7 Å². The highest BCUT2D eigenvalue weighted by Gasteiger charge is 2.30. The molecule has 0 saturated carbocycles. The Morgan fingerprint density at radius 1 is 1.62 bits per heavy atom. The van der Waals surface area contributed by atoms with Crippen LogP contribution in [0.15, 0.2) is 12.7 Å². The summed E-state index contributed by atoms with van der Waals surface area (Å²) in [4.78, 5) is 0. The zero-order valence-corrected chi connectivity index (χ0v) is 10.5. The monoisotopic (exact) mass is 248 g/mol. The van der Waals surface area contributed by atoms with Crippen LogP contribution in [0, 0.1) is 5.92 Å². The molecule has 1 atom stereocenters. The number of piperidine rings is 1. The van der Waals surface area contributed by atoms with Gasteiger partial charge in [-0.1, -0.05) is 6.08 Å². The van der Waals surface area contributed by atoms with Crippen molar-refractivity contribution in [2.24, 2.45) is 5.92 Å². The maximum atomic E-state index is 12.1. The van der Waals surface area contributed by atoms with Gasteiger partial charge in [0.15, 0.2) is 0 Å². The maximum absolute atomic E-state index is 12.1. The van der Waals surface area contributed by atoms with Gasteiger partial charge in [0, 0.05) is 33.3 Å². The van der Waals surface area contributed by atoms with E-state index in [4.69, 9.17) is 5.11 Å². The van der Waals surface area contributed by atoms with Gasteiger partial charge in [-0.3, -0.25) is 0 Å². The van der Waals surface area contributed by atoms with E-state index in [1.54, 1.807) is 13.1 Å². The molecule has 0 aromatic carbocycles. The smallest absolute Gasteiger partial charge is 0.282 e. The molecule has 0 aromatic heterocycles. The number of hydrogen-bond acceptors (Lipinski definition) is 3. The van der Waals surface area contributed by atoms with Gasteiger partial charge >= 0.3 is 0 Å². The molecular weight excluding hydrogens is 228 g/mol. The molecule has 1 aliphatic heterocycles. The van der Waals surface area contributed by atoms with Crippen molar-refractivity contribution < 1.29 is 13.5 Å². The molecule has 0 radical (unpaired) electrons. The molecule has 1 rings (SSSR count). The zero-order chi connectivity index (χ0) is 12.2. The van der Waals surface area contributed by atoms with Crippen LogP contribution >= 0.6 is 0 Å². The summed E-state index contributed by atoms with van der Waals surface area (Å²) in [5.41, 5.74) is 0. The van der Waals surface area contributed by atoms with Crippen LogP contribution in [-0.2, 0) is 10.2 Å². The van der Waals surface area contributed by atoms with Crippen molar-refractivity contribution in [3.63, 3.8) is 0 Å². The summed E-state index contributed by atoms with van der Waals surface area (Å²) >= 11 is 0. The predicted octanol–water partition coefficient (Wildman–Crippen LogP) is 0.0533. The second kappa shape index (κ2) is 5.77. The average Bonchev–Trinajstić information content (AvgIpc) is 2.29. The Labute approximate surface area is 97.5 Å². The summed E-state index contributed by atoms with van der Waals surface area (Å²) < 4.78 is 26.8. The number of nitrogens with zero attached hydrogens (tertiary/aromatic N) is 2. The summed E-state index contributed by atoms with van der Waals surface area (Å²) in [6.45, 7) is 4.85. The molecule has 0 aliphatic carbocycles. The predicted molar refractivity (Wildman–Crippen MR) is 63.1 cm³/mol. The van der Waals surface area contributed by atoms with E-state index in [0.717, 1.165) is 12.8 Å². The van der Waals surface area contributed by atoms with Gasteiger partial charge in [0.25, 0.3) is 10.2 Å². The van der Waals surface area contributed by atoms with Gasteiger partial charge < -0.3 is 5.11 Å². The van der Waals surface area contributed by atoms with Gasteiger partial charge in [-0.15, -0.1) is 6.58 Å². The first-order chi connectivity index (χ1) is 7.52. The molecule has 6 heteroatoms. The van der Waals surface area contributed by atoms with E-state index in [1.165, 1.54) is 8.61 Å². The fourth-order valence-electron chi connectivity index (χ4n) is 1.86. The summed E-state index contributed by atoms with van der Waals surface area (Å²) in [5.74, 6) is 0.0701. The standard InChI is InChI=1S/C10H20N2O3S/c1-3-6-11(2)16(14,15)12-7-4-5-10(8-12)9-13/h3,10,13H,1,4-9H2,2H3. The molecule has 1 fully saturated rings. The normalized spacial score (nSPS) is 23.6. The number of rotatable bonds is 5. The highest BCUT2D eigenvalue weighted by molar-refractivity contribution is 7.86. The minimum atomic E-state index is -3.38. The highest BCUT2D eigenvalue weighted by atomic mass is 32.2. The summed E-state index contributed by atoms with van der Waals surface area (Å²) in [6, 6.07) is 0. The third-order valence-electron chi connectivity index (χ3n) is 2.85. The summed E-state index contributed by atoms with van der Waals surface area (Å²) in [6.07, 6.45) is 3.27. The Bertz CT molecular complexity index is 329. The van der Waals surface area contributed by atoms with Gasteiger partial charge in [0.1, 0.15) is 0 Å². The first-order valence-corrected chi connectivity index (χ1v) is 6.85. The molecule has 0 aromatic rings. The lowest BCUT2D eigenvalue weighted by molar-refractivity contribution is 0.162. The van der Waals surface area contributed by atoms with Crippen LogP contribution in [0.1, 0.15) is 12.8 Å². The second-order valence-corrected chi connectivity index (χ2v) is 6.16.